The average Bonchev–Trinajstić information content (AvgIpc) is 2.77. The van der Waals surface area contributed by atoms with E-state index in [4.69, 9.17) is 17.3 Å². The molecule has 0 bridgehead atoms. The minimum Gasteiger partial charge on any atom is -0.327 e. The molecule has 1 unspecified atom stereocenters. The van der Waals surface area contributed by atoms with E-state index in [9.17, 15) is 0 Å². The van der Waals surface area contributed by atoms with Crippen LogP contribution in [0, 0.1) is 0 Å². The molecule has 0 aliphatic heterocycles. The SMILES string of the molecule is CCc1nn(CC)c(CC(N)Cc2ccccc2Br)c1Cl. The standard InChI is InChI=1S/C16H21BrClN3/c1-3-14-16(18)15(21(4-2)20-14)10-12(19)9-11-7-5-6-8-13(11)17/h5-8,12H,3-4,9-10,19H2,1-2H3. The molecule has 2 N–H and O–H groups in total. The van der Waals surface area contributed by atoms with E-state index in [0.29, 0.717) is 0 Å². The first-order valence-electron chi connectivity index (χ1n) is 7.29. The van der Waals surface area contributed by atoms with Gasteiger partial charge in [-0.25, -0.2) is 0 Å². The lowest BCUT2D eigenvalue weighted by Gasteiger charge is -2.14. The minimum atomic E-state index is 0.0212. The lowest BCUT2D eigenvalue weighted by atomic mass is 10.0. The first-order chi connectivity index (χ1) is 10.1. The summed E-state index contributed by atoms with van der Waals surface area (Å²) in [5.41, 5.74) is 9.56. The summed E-state index contributed by atoms with van der Waals surface area (Å²) in [5, 5.41) is 5.32. The number of hydrogen-bond donors (Lipinski definition) is 1. The van der Waals surface area contributed by atoms with Gasteiger partial charge in [-0.05, 0) is 31.4 Å². The fraction of sp³-hybridized carbons (Fsp3) is 0.438. The summed E-state index contributed by atoms with van der Waals surface area (Å²) >= 11 is 10.0. The van der Waals surface area contributed by atoms with Gasteiger partial charge in [-0.3, -0.25) is 4.68 Å². The van der Waals surface area contributed by atoms with Gasteiger partial charge in [-0.2, -0.15) is 5.10 Å². The molecule has 2 rings (SSSR count). The van der Waals surface area contributed by atoms with Crippen LogP contribution >= 0.6 is 27.5 Å². The van der Waals surface area contributed by atoms with Crippen LogP contribution in [0.3, 0.4) is 0 Å². The number of halogens is 2. The fourth-order valence-corrected chi connectivity index (χ4v) is 3.27. The van der Waals surface area contributed by atoms with E-state index in [1.165, 1.54) is 5.56 Å². The summed E-state index contributed by atoms with van der Waals surface area (Å²) in [6.07, 6.45) is 2.40. The molecule has 2 aromatic rings. The molecule has 1 atom stereocenters. The molecule has 0 spiro atoms. The lowest BCUT2D eigenvalue weighted by molar-refractivity contribution is 0.572. The second kappa shape index (κ2) is 7.43. The highest BCUT2D eigenvalue weighted by molar-refractivity contribution is 9.10. The van der Waals surface area contributed by atoms with E-state index < -0.39 is 0 Å². The largest absolute Gasteiger partial charge is 0.327 e. The van der Waals surface area contributed by atoms with Gasteiger partial charge in [0.25, 0.3) is 0 Å². The molecule has 114 valence electrons. The molecule has 1 heterocycles. The predicted molar refractivity (Wildman–Crippen MR) is 91.8 cm³/mol. The number of nitrogens with zero attached hydrogens (tertiary/aromatic N) is 2. The Labute approximate surface area is 139 Å². The smallest absolute Gasteiger partial charge is 0.0850 e. The lowest BCUT2D eigenvalue weighted by Crippen LogP contribution is -2.27. The number of aryl methyl sites for hydroxylation is 2. The van der Waals surface area contributed by atoms with E-state index >= 15 is 0 Å². The Kier molecular flexibility index (Phi) is 5.85. The Hall–Kier alpha value is -0.840. The Morgan fingerprint density at radius 2 is 2.00 bits per heavy atom. The van der Waals surface area contributed by atoms with Crippen LogP contribution in [0.4, 0.5) is 0 Å². The molecule has 21 heavy (non-hydrogen) atoms. The van der Waals surface area contributed by atoms with Crippen LogP contribution in [0.1, 0.15) is 30.8 Å². The van der Waals surface area contributed by atoms with Crippen molar-refractivity contribution in [3.8, 4) is 0 Å². The molecule has 0 saturated heterocycles. The van der Waals surface area contributed by atoms with Crippen molar-refractivity contribution < 1.29 is 0 Å². The molecule has 3 nitrogen and oxygen atoms in total. The maximum atomic E-state index is 6.44. The van der Waals surface area contributed by atoms with Crippen molar-refractivity contribution in [1.82, 2.24) is 9.78 Å². The third-order valence-electron chi connectivity index (χ3n) is 3.59. The van der Waals surface area contributed by atoms with Gasteiger partial charge in [0.15, 0.2) is 0 Å². The number of nitrogens with two attached hydrogens (primary N) is 1. The highest BCUT2D eigenvalue weighted by Crippen LogP contribution is 2.24. The number of hydrogen-bond acceptors (Lipinski definition) is 2. The molecular formula is C16H21BrClN3. The molecule has 5 heteroatoms. The molecule has 0 aliphatic rings. The summed E-state index contributed by atoms with van der Waals surface area (Å²) in [6.45, 7) is 4.96. The molecule has 0 aliphatic carbocycles. The molecule has 0 radical (unpaired) electrons. The van der Waals surface area contributed by atoms with Crippen LogP contribution in [0.2, 0.25) is 5.02 Å². The van der Waals surface area contributed by atoms with Crippen molar-refractivity contribution in [3.63, 3.8) is 0 Å². The number of benzene rings is 1. The average molecular weight is 371 g/mol. The molecule has 0 amide bonds. The second-order valence-corrected chi connectivity index (χ2v) is 6.37. The van der Waals surface area contributed by atoms with E-state index in [1.54, 1.807) is 0 Å². The van der Waals surface area contributed by atoms with Crippen molar-refractivity contribution in [1.29, 1.82) is 0 Å². The maximum absolute atomic E-state index is 6.44. The molecule has 0 fully saturated rings. The summed E-state index contributed by atoms with van der Waals surface area (Å²) in [4.78, 5) is 0. The van der Waals surface area contributed by atoms with Gasteiger partial charge in [0.1, 0.15) is 0 Å². The summed E-state index contributed by atoms with van der Waals surface area (Å²) < 4.78 is 3.07. The second-order valence-electron chi connectivity index (χ2n) is 5.14. The monoisotopic (exact) mass is 369 g/mol. The first kappa shape index (κ1) is 16.5. The number of rotatable bonds is 6. The van der Waals surface area contributed by atoms with Gasteiger partial charge in [0.2, 0.25) is 0 Å². The first-order valence-corrected chi connectivity index (χ1v) is 8.46. The minimum absolute atomic E-state index is 0.0212. The van der Waals surface area contributed by atoms with Crippen LogP contribution in [-0.2, 0) is 25.8 Å². The third kappa shape index (κ3) is 3.87. The highest BCUT2D eigenvalue weighted by Gasteiger charge is 2.17. The van der Waals surface area contributed by atoms with Crippen LogP contribution < -0.4 is 5.73 Å². The van der Waals surface area contributed by atoms with E-state index in [-0.39, 0.29) is 6.04 Å². The Bertz CT molecular complexity index is 610. The molecule has 1 aromatic heterocycles. The Morgan fingerprint density at radius 3 is 2.62 bits per heavy atom. The summed E-state index contributed by atoms with van der Waals surface area (Å²) in [5.74, 6) is 0. The topological polar surface area (TPSA) is 43.8 Å². The van der Waals surface area contributed by atoms with Gasteiger partial charge in [-0.1, -0.05) is 52.7 Å². The summed E-state index contributed by atoms with van der Waals surface area (Å²) in [6, 6.07) is 8.20. The Balaban J connectivity index is 2.14. The summed E-state index contributed by atoms with van der Waals surface area (Å²) in [7, 11) is 0. The maximum Gasteiger partial charge on any atom is 0.0850 e. The van der Waals surface area contributed by atoms with Crippen molar-refractivity contribution >= 4 is 27.5 Å². The van der Waals surface area contributed by atoms with E-state index in [2.05, 4.69) is 40.9 Å². The van der Waals surface area contributed by atoms with Crippen LogP contribution in [0.25, 0.3) is 0 Å². The van der Waals surface area contributed by atoms with Crippen LogP contribution in [0.15, 0.2) is 28.7 Å². The normalized spacial score (nSPS) is 12.6. The zero-order chi connectivity index (χ0) is 15.4. The predicted octanol–water partition coefficient (Wildman–Crippen LogP) is 3.99. The van der Waals surface area contributed by atoms with Gasteiger partial charge in [-0.15, -0.1) is 0 Å². The van der Waals surface area contributed by atoms with E-state index in [0.717, 1.165) is 46.7 Å². The third-order valence-corrected chi connectivity index (χ3v) is 4.80. The zero-order valence-electron chi connectivity index (χ0n) is 12.4. The molecule has 0 saturated carbocycles. The van der Waals surface area contributed by atoms with Gasteiger partial charge in [0, 0.05) is 23.5 Å². The van der Waals surface area contributed by atoms with Gasteiger partial charge in [0.05, 0.1) is 16.4 Å². The van der Waals surface area contributed by atoms with Crippen LogP contribution in [-0.4, -0.2) is 15.8 Å². The fourth-order valence-electron chi connectivity index (χ4n) is 2.48. The van der Waals surface area contributed by atoms with Gasteiger partial charge >= 0.3 is 0 Å². The van der Waals surface area contributed by atoms with Crippen LogP contribution in [0.5, 0.6) is 0 Å². The molecular weight excluding hydrogens is 350 g/mol. The quantitative estimate of drug-likeness (QED) is 0.835. The Morgan fingerprint density at radius 1 is 1.29 bits per heavy atom. The van der Waals surface area contributed by atoms with Crippen molar-refractivity contribution in [2.45, 2.75) is 45.7 Å². The highest BCUT2D eigenvalue weighted by atomic mass is 79.9. The van der Waals surface area contributed by atoms with Crippen molar-refractivity contribution in [2.24, 2.45) is 5.73 Å². The van der Waals surface area contributed by atoms with E-state index in [1.807, 2.05) is 22.9 Å². The van der Waals surface area contributed by atoms with Gasteiger partial charge < -0.3 is 5.73 Å². The zero-order valence-corrected chi connectivity index (χ0v) is 14.8. The van der Waals surface area contributed by atoms with Crippen molar-refractivity contribution in [2.75, 3.05) is 0 Å². The number of aromatic nitrogens is 2. The van der Waals surface area contributed by atoms with Crippen molar-refractivity contribution in [3.05, 3.63) is 50.7 Å². The molecule has 1 aromatic carbocycles.